The van der Waals surface area contributed by atoms with Crippen molar-refractivity contribution < 1.29 is 23.9 Å². The minimum absolute atomic E-state index is 0.265. The predicted molar refractivity (Wildman–Crippen MR) is 104 cm³/mol. The van der Waals surface area contributed by atoms with Gasteiger partial charge in [0.2, 0.25) is 5.91 Å². The number of carbonyl (C=O) groups is 1. The molecule has 0 bridgehead atoms. The first-order valence-electron chi connectivity index (χ1n) is 8.79. The molecule has 0 spiro atoms. The number of carbonyl (C=O) groups excluding carboxylic acids is 1. The summed E-state index contributed by atoms with van der Waals surface area (Å²) in [5, 5.41) is 13.6. The number of benzene rings is 1. The number of hydrogen-bond donors (Lipinski definition) is 1. The number of aromatic nitrogens is 1. The first-order valence-corrected chi connectivity index (χ1v) is 8.79. The molecule has 156 valence electrons. The maximum absolute atomic E-state index is 12.3. The predicted octanol–water partition coefficient (Wildman–Crippen LogP) is 1.67. The van der Waals surface area contributed by atoms with Gasteiger partial charge in [-0.25, -0.2) is 0 Å². The number of nitro groups is 1. The lowest BCUT2D eigenvalue weighted by Crippen LogP contribution is -2.33. The van der Waals surface area contributed by atoms with Gasteiger partial charge in [-0.2, -0.15) is 0 Å². The second-order valence-electron chi connectivity index (χ2n) is 6.15. The van der Waals surface area contributed by atoms with Crippen molar-refractivity contribution in [1.29, 1.82) is 0 Å². The van der Waals surface area contributed by atoms with Crippen LogP contribution in [-0.2, 0) is 16.1 Å². The van der Waals surface area contributed by atoms with Crippen molar-refractivity contribution in [2.24, 2.45) is 0 Å². The molecule has 10 nitrogen and oxygen atoms in total. The number of hydrogen-bond acceptors (Lipinski definition) is 7. The van der Waals surface area contributed by atoms with Gasteiger partial charge in [-0.05, 0) is 24.6 Å². The zero-order chi connectivity index (χ0) is 21.4. The van der Waals surface area contributed by atoms with Crippen LogP contribution in [0.1, 0.15) is 18.5 Å². The van der Waals surface area contributed by atoms with Crippen LogP contribution in [0.2, 0.25) is 0 Å². The lowest BCUT2D eigenvalue weighted by molar-refractivity contribution is -0.385. The van der Waals surface area contributed by atoms with Crippen LogP contribution in [0.25, 0.3) is 0 Å². The molecule has 2 aromatic rings. The van der Waals surface area contributed by atoms with Gasteiger partial charge in [-0.3, -0.25) is 24.3 Å². The molecule has 0 aliphatic heterocycles. The number of nitrogens with one attached hydrogen (secondary N) is 1. The maximum Gasteiger partial charge on any atom is 0.285 e. The largest absolute Gasteiger partial charge is 0.493 e. The first-order chi connectivity index (χ1) is 13.8. The van der Waals surface area contributed by atoms with E-state index in [1.165, 1.54) is 7.11 Å². The van der Waals surface area contributed by atoms with Gasteiger partial charge >= 0.3 is 0 Å². The number of amides is 1. The average Bonchev–Trinajstić information content (AvgIpc) is 2.69. The van der Waals surface area contributed by atoms with Crippen LogP contribution in [0, 0.1) is 10.1 Å². The monoisotopic (exact) mass is 405 g/mol. The molecule has 10 heteroatoms. The van der Waals surface area contributed by atoms with Crippen molar-refractivity contribution in [2.75, 3.05) is 27.4 Å². The Bertz CT molecular complexity index is 926. The van der Waals surface area contributed by atoms with E-state index in [2.05, 4.69) is 5.32 Å². The van der Waals surface area contributed by atoms with Crippen LogP contribution >= 0.6 is 0 Å². The number of ether oxygens (including phenoxy) is 3. The molecule has 1 heterocycles. The lowest BCUT2D eigenvalue weighted by atomic mass is 10.1. The first kappa shape index (κ1) is 21.9. The summed E-state index contributed by atoms with van der Waals surface area (Å²) in [6.07, 6.45) is 1.04. The van der Waals surface area contributed by atoms with Crippen molar-refractivity contribution in [1.82, 2.24) is 9.88 Å². The molecular formula is C19H23N3O7. The van der Waals surface area contributed by atoms with Crippen molar-refractivity contribution >= 4 is 11.6 Å². The van der Waals surface area contributed by atoms with E-state index >= 15 is 0 Å². The zero-order valence-electron chi connectivity index (χ0n) is 16.4. The minimum Gasteiger partial charge on any atom is -0.493 e. The highest BCUT2D eigenvalue weighted by Crippen LogP contribution is 2.30. The molecule has 0 fully saturated rings. The van der Waals surface area contributed by atoms with E-state index in [-0.39, 0.29) is 18.3 Å². The molecule has 0 aliphatic carbocycles. The molecule has 1 aromatic carbocycles. The Labute approximate surface area is 167 Å². The molecule has 1 atom stereocenters. The highest BCUT2D eigenvalue weighted by Gasteiger charge is 2.15. The molecule has 0 saturated heterocycles. The Hall–Kier alpha value is -3.40. The van der Waals surface area contributed by atoms with Crippen molar-refractivity contribution in [2.45, 2.75) is 19.5 Å². The van der Waals surface area contributed by atoms with Gasteiger partial charge in [0.25, 0.3) is 11.2 Å². The Morgan fingerprint density at radius 2 is 1.97 bits per heavy atom. The molecule has 29 heavy (non-hydrogen) atoms. The zero-order valence-corrected chi connectivity index (χ0v) is 16.4. The highest BCUT2D eigenvalue weighted by atomic mass is 16.6. The van der Waals surface area contributed by atoms with Gasteiger partial charge in [-0.15, -0.1) is 0 Å². The van der Waals surface area contributed by atoms with Crippen molar-refractivity contribution in [3.63, 3.8) is 0 Å². The van der Waals surface area contributed by atoms with Gasteiger partial charge in [0.15, 0.2) is 11.5 Å². The molecule has 1 unspecified atom stereocenters. The van der Waals surface area contributed by atoms with E-state index in [1.54, 1.807) is 32.2 Å². The normalized spacial score (nSPS) is 11.6. The summed E-state index contributed by atoms with van der Waals surface area (Å²) >= 11 is 0. The topological polar surface area (TPSA) is 122 Å². The Balaban J connectivity index is 2.06. The van der Waals surface area contributed by atoms with E-state index in [0.29, 0.717) is 24.7 Å². The average molecular weight is 405 g/mol. The van der Waals surface area contributed by atoms with Crippen molar-refractivity contribution in [3.05, 3.63) is 62.6 Å². The second-order valence-corrected chi connectivity index (χ2v) is 6.15. The fourth-order valence-corrected chi connectivity index (χ4v) is 2.58. The molecule has 2 rings (SSSR count). The summed E-state index contributed by atoms with van der Waals surface area (Å²) < 4.78 is 16.8. The van der Waals surface area contributed by atoms with Crippen LogP contribution in [0.15, 0.2) is 41.3 Å². The standard InChI is InChI=1S/C19H23N3O7/c1-13(14-4-6-16(17(10-14)28-3)29-9-8-27-2)20-18(23)12-21-11-15(22(25)26)5-7-19(21)24/h4-7,10-11,13H,8-9,12H2,1-3H3,(H,20,23). The second kappa shape index (κ2) is 10.2. The Morgan fingerprint density at radius 1 is 1.21 bits per heavy atom. The molecule has 1 aromatic heterocycles. The maximum atomic E-state index is 12.3. The SMILES string of the molecule is COCCOc1ccc(C(C)NC(=O)Cn2cc([N+](=O)[O-])ccc2=O)cc1OC. The van der Waals surface area contributed by atoms with Crippen LogP contribution in [-0.4, -0.2) is 42.8 Å². The van der Waals surface area contributed by atoms with Gasteiger partial charge in [0.05, 0.1) is 30.9 Å². The molecular weight excluding hydrogens is 382 g/mol. The fourth-order valence-electron chi connectivity index (χ4n) is 2.58. The number of rotatable bonds is 10. The molecule has 1 N–H and O–H groups in total. The van der Waals surface area contributed by atoms with Crippen LogP contribution in [0.5, 0.6) is 11.5 Å². The van der Waals surface area contributed by atoms with Crippen LogP contribution in [0.4, 0.5) is 5.69 Å². The van der Waals surface area contributed by atoms with E-state index < -0.39 is 16.4 Å². The summed E-state index contributed by atoms with van der Waals surface area (Å²) in [4.78, 5) is 34.4. The van der Waals surface area contributed by atoms with Gasteiger partial charge in [-0.1, -0.05) is 6.07 Å². The fraction of sp³-hybridized carbons (Fsp3) is 0.368. The molecule has 1 amide bonds. The van der Waals surface area contributed by atoms with Gasteiger partial charge < -0.3 is 19.5 Å². The number of nitrogens with zero attached hydrogens (tertiary/aromatic N) is 2. The van der Waals surface area contributed by atoms with E-state index in [1.807, 2.05) is 0 Å². The van der Waals surface area contributed by atoms with Gasteiger partial charge in [0.1, 0.15) is 13.2 Å². The lowest BCUT2D eigenvalue weighted by Gasteiger charge is -2.17. The summed E-state index contributed by atoms with van der Waals surface area (Å²) in [6, 6.07) is 7.03. The molecule has 0 saturated carbocycles. The molecule has 0 aliphatic rings. The van der Waals surface area contributed by atoms with Crippen LogP contribution < -0.4 is 20.3 Å². The third kappa shape index (κ3) is 6.04. The van der Waals surface area contributed by atoms with E-state index in [0.717, 1.165) is 28.5 Å². The van der Waals surface area contributed by atoms with E-state index in [9.17, 15) is 19.7 Å². The number of methoxy groups -OCH3 is 2. The summed E-state index contributed by atoms with van der Waals surface area (Å²) in [5.41, 5.74) is -0.00226. The third-order valence-corrected chi connectivity index (χ3v) is 4.10. The summed E-state index contributed by atoms with van der Waals surface area (Å²) in [5.74, 6) is 0.601. The third-order valence-electron chi connectivity index (χ3n) is 4.10. The minimum atomic E-state index is -0.626. The Kier molecular flexibility index (Phi) is 7.72. The quantitative estimate of drug-likeness (QED) is 0.362. The summed E-state index contributed by atoms with van der Waals surface area (Å²) in [6.45, 7) is 2.25. The molecule has 0 radical (unpaired) electrons. The van der Waals surface area contributed by atoms with E-state index in [4.69, 9.17) is 14.2 Å². The number of pyridine rings is 1. The Morgan fingerprint density at radius 3 is 2.62 bits per heavy atom. The highest BCUT2D eigenvalue weighted by molar-refractivity contribution is 5.76. The van der Waals surface area contributed by atoms with Gasteiger partial charge in [0, 0.05) is 19.2 Å². The smallest absolute Gasteiger partial charge is 0.285 e. The van der Waals surface area contributed by atoms with Crippen LogP contribution in [0.3, 0.4) is 0 Å². The summed E-state index contributed by atoms with van der Waals surface area (Å²) in [7, 11) is 3.09. The van der Waals surface area contributed by atoms with Crippen molar-refractivity contribution in [3.8, 4) is 11.5 Å².